The van der Waals surface area contributed by atoms with Gasteiger partial charge in [-0.2, -0.15) is 13.2 Å². The molecule has 1 heterocycles. The third-order valence-electron chi connectivity index (χ3n) is 3.14. The van der Waals surface area contributed by atoms with Gasteiger partial charge in [-0.3, -0.25) is 9.69 Å². The first-order valence-corrected chi connectivity index (χ1v) is 5.07. The summed E-state index contributed by atoms with van der Waals surface area (Å²) in [5.74, 6) is -0.303. The first kappa shape index (κ1) is 10.7. The first-order chi connectivity index (χ1) is 6.98. The minimum absolute atomic E-state index is 0.0531. The van der Waals surface area contributed by atoms with E-state index in [1.54, 1.807) is 0 Å². The van der Waals surface area contributed by atoms with Gasteiger partial charge in [-0.1, -0.05) is 6.42 Å². The number of alkyl halides is 3. The monoisotopic (exact) mass is 222 g/mol. The summed E-state index contributed by atoms with van der Waals surface area (Å²) in [7, 11) is 0. The SMILES string of the molecule is O=C1CN(C2CCC2)C(C(F)(F)F)CN1. The zero-order chi connectivity index (χ0) is 11.1. The maximum Gasteiger partial charge on any atom is 0.405 e. The molecule has 1 amide bonds. The van der Waals surface area contributed by atoms with E-state index in [0.717, 1.165) is 19.3 Å². The Hall–Kier alpha value is -0.780. The average Bonchev–Trinajstić information content (AvgIpc) is 1.98. The fourth-order valence-corrected chi connectivity index (χ4v) is 2.07. The molecule has 2 rings (SSSR count). The Kier molecular flexibility index (Phi) is 2.62. The van der Waals surface area contributed by atoms with Crippen molar-refractivity contribution in [3.05, 3.63) is 0 Å². The van der Waals surface area contributed by atoms with Gasteiger partial charge in [-0.15, -0.1) is 0 Å². The third-order valence-corrected chi connectivity index (χ3v) is 3.14. The van der Waals surface area contributed by atoms with Gasteiger partial charge in [0.1, 0.15) is 6.04 Å². The van der Waals surface area contributed by atoms with Gasteiger partial charge in [0.15, 0.2) is 0 Å². The molecule has 1 aliphatic carbocycles. The Bertz CT molecular complexity index is 263. The lowest BCUT2D eigenvalue weighted by Crippen LogP contribution is -2.63. The number of nitrogens with zero attached hydrogens (tertiary/aromatic N) is 1. The number of piperazine rings is 1. The number of carbonyl (C=O) groups excluding carboxylic acids is 1. The first-order valence-electron chi connectivity index (χ1n) is 5.07. The molecular formula is C9H13F3N2O. The van der Waals surface area contributed by atoms with Crippen molar-refractivity contribution >= 4 is 5.91 Å². The summed E-state index contributed by atoms with van der Waals surface area (Å²) in [5, 5.41) is 2.27. The fraction of sp³-hybridized carbons (Fsp3) is 0.889. The van der Waals surface area contributed by atoms with Crippen LogP contribution in [0.25, 0.3) is 0 Å². The van der Waals surface area contributed by atoms with Crippen molar-refractivity contribution in [1.82, 2.24) is 10.2 Å². The van der Waals surface area contributed by atoms with Crippen molar-refractivity contribution in [2.75, 3.05) is 13.1 Å². The highest BCUT2D eigenvalue weighted by atomic mass is 19.4. The molecule has 15 heavy (non-hydrogen) atoms. The smallest absolute Gasteiger partial charge is 0.353 e. The second kappa shape index (κ2) is 3.66. The Labute approximate surface area is 85.6 Å². The predicted octanol–water partition coefficient (Wildman–Crippen LogP) is 0.902. The van der Waals surface area contributed by atoms with Gasteiger partial charge >= 0.3 is 6.18 Å². The molecule has 3 nitrogen and oxygen atoms in total. The number of nitrogens with one attached hydrogen (secondary N) is 1. The third kappa shape index (κ3) is 2.09. The van der Waals surface area contributed by atoms with Crippen LogP contribution in [0.1, 0.15) is 19.3 Å². The van der Waals surface area contributed by atoms with E-state index in [2.05, 4.69) is 5.32 Å². The van der Waals surface area contributed by atoms with Crippen molar-refractivity contribution in [1.29, 1.82) is 0 Å². The maximum atomic E-state index is 12.6. The van der Waals surface area contributed by atoms with Crippen molar-refractivity contribution in [2.45, 2.75) is 37.5 Å². The standard InChI is InChI=1S/C9H13F3N2O/c10-9(11,12)7-4-13-8(15)5-14(7)6-2-1-3-6/h6-7H,1-5H2,(H,13,15). The van der Waals surface area contributed by atoms with E-state index in [-0.39, 0.29) is 25.0 Å². The second-order valence-electron chi connectivity index (χ2n) is 4.12. The Morgan fingerprint density at radius 1 is 1.33 bits per heavy atom. The molecule has 0 aromatic carbocycles. The number of amides is 1. The molecule has 1 unspecified atom stereocenters. The van der Waals surface area contributed by atoms with Crippen LogP contribution >= 0.6 is 0 Å². The number of carbonyl (C=O) groups is 1. The zero-order valence-electron chi connectivity index (χ0n) is 8.18. The van der Waals surface area contributed by atoms with Crippen LogP contribution in [0, 0.1) is 0 Å². The highest BCUT2D eigenvalue weighted by Gasteiger charge is 2.49. The molecule has 0 aromatic rings. The number of rotatable bonds is 1. The van der Waals surface area contributed by atoms with Crippen LogP contribution in [0.15, 0.2) is 0 Å². The number of hydrogen-bond acceptors (Lipinski definition) is 2. The van der Waals surface area contributed by atoms with Crippen molar-refractivity contribution in [3.8, 4) is 0 Å². The molecule has 1 atom stereocenters. The lowest BCUT2D eigenvalue weighted by Gasteiger charge is -2.44. The summed E-state index contributed by atoms with van der Waals surface area (Å²) >= 11 is 0. The summed E-state index contributed by atoms with van der Waals surface area (Å²) in [4.78, 5) is 12.4. The molecule has 0 aromatic heterocycles. The number of hydrogen-bond donors (Lipinski definition) is 1. The van der Waals surface area contributed by atoms with Gasteiger partial charge in [0, 0.05) is 12.6 Å². The highest BCUT2D eigenvalue weighted by molar-refractivity contribution is 5.79. The van der Waals surface area contributed by atoms with Gasteiger partial charge in [0.2, 0.25) is 5.91 Å². The molecule has 86 valence electrons. The van der Waals surface area contributed by atoms with Crippen molar-refractivity contribution in [2.24, 2.45) is 0 Å². The molecule has 1 saturated carbocycles. The number of halogens is 3. The van der Waals surface area contributed by atoms with Crippen LogP contribution in [0.5, 0.6) is 0 Å². The van der Waals surface area contributed by atoms with E-state index < -0.39 is 12.2 Å². The van der Waals surface area contributed by atoms with Crippen LogP contribution < -0.4 is 5.32 Å². The van der Waals surface area contributed by atoms with Crippen molar-refractivity contribution in [3.63, 3.8) is 0 Å². The van der Waals surface area contributed by atoms with E-state index in [9.17, 15) is 18.0 Å². The van der Waals surface area contributed by atoms with E-state index in [1.807, 2.05) is 0 Å². The summed E-state index contributed by atoms with van der Waals surface area (Å²) in [6.07, 6.45) is -1.73. The topological polar surface area (TPSA) is 32.3 Å². The van der Waals surface area contributed by atoms with Crippen LogP contribution in [0.3, 0.4) is 0 Å². The minimum atomic E-state index is -4.25. The van der Waals surface area contributed by atoms with Crippen LogP contribution in [0.2, 0.25) is 0 Å². The van der Waals surface area contributed by atoms with Crippen molar-refractivity contribution < 1.29 is 18.0 Å². The summed E-state index contributed by atoms with van der Waals surface area (Å²) in [6.45, 7) is -0.423. The summed E-state index contributed by atoms with van der Waals surface area (Å²) in [6, 6.07) is -1.55. The Morgan fingerprint density at radius 2 is 2.00 bits per heavy atom. The van der Waals surface area contributed by atoms with Crippen LogP contribution in [-0.2, 0) is 4.79 Å². The highest BCUT2D eigenvalue weighted by Crippen LogP contribution is 2.33. The van der Waals surface area contributed by atoms with Crippen LogP contribution in [-0.4, -0.2) is 42.2 Å². The zero-order valence-corrected chi connectivity index (χ0v) is 8.18. The van der Waals surface area contributed by atoms with Gasteiger partial charge in [0.25, 0.3) is 0 Å². The van der Waals surface area contributed by atoms with Gasteiger partial charge in [0.05, 0.1) is 6.54 Å². The van der Waals surface area contributed by atoms with E-state index in [1.165, 1.54) is 4.90 Å². The Morgan fingerprint density at radius 3 is 2.47 bits per heavy atom. The quantitative estimate of drug-likeness (QED) is 0.715. The molecule has 0 bridgehead atoms. The van der Waals surface area contributed by atoms with Gasteiger partial charge in [-0.25, -0.2) is 0 Å². The van der Waals surface area contributed by atoms with E-state index in [4.69, 9.17) is 0 Å². The lowest BCUT2D eigenvalue weighted by atomic mass is 9.89. The minimum Gasteiger partial charge on any atom is -0.353 e. The summed E-state index contributed by atoms with van der Waals surface area (Å²) < 4.78 is 37.9. The average molecular weight is 222 g/mol. The van der Waals surface area contributed by atoms with Gasteiger partial charge in [-0.05, 0) is 12.8 Å². The maximum absolute atomic E-state index is 12.6. The fourth-order valence-electron chi connectivity index (χ4n) is 2.07. The summed E-state index contributed by atoms with van der Waals surface area (Å²) in [5.41, 5.74) is 0. The largest absolute Gasteiger partial charge is 0.405 e. The Balaban J connectivity index is 2.09. The molecule has 0 spiro atoms. The molecule has 2 fully saturated rings. The molecule has 1 N–H and O–H groups in total. The van der Waals surface area contributed by atoms with Crippen LogP contribution in [0.4, 0.5) is 13.2 Å². The predicted molar refractivity (Wildman–Crippen MR) is 47.2 cm³/mol. The van der Waals surface area contributed by atoms with E-state index >= 15 is 0 Å². The molecule has 1 saturated heterocycles. The van der Waals surface area contributed by atoms with Gasteiger partial charge < -0.3 is 5.32 Å². The second-order valence-corrected chi connectivity index (χ2v) is 4.12. The lowest BCUT2D eigenvalue weighted by molar-refractivity contribution is -0.198. The molecule has 0 radical (unpaired) electrons. The molecule has 6 heteroatoms. The molecule has 1 aliphatic heterocycles. The van der Waals surface area contributed by atoms with E-state index in [0.29, 0.717) is 0 Å². The normalized spacial score (nSPS) is 29.8. The molecular weight excluding hydrogens is 209 g/mol. The molecule has 2 aliphatic rings.